The quantitative estimate of drug-likeness (QED) is 0.460. The summed E-state index contributed by atoms with van der Waals surface area (Å²) in [6, 6.07) is 9.52. The fraction of sp³-hybridized carbons (Fsp3) is 0.269. The van der Waals surface area contributed by atoms with E-state index >= 15 is 0 Å². The molecule has 0 saturated carbocycles. The lowest BCUT2D eigenvalue weighted by Crippen LogP contribution is -2.07. The summed E-state index contributed by atoms with van der Waals surface area (Å²) < 4.78 is 5.41. The number of pyridine rings is 1. The van der Waals surface area contributed by atoms with Gasteiger partial charge in [0.1, 0.15) is 17.3 Å². The zero-order valence-electron chi connectivity index (χ0n) is 18.1. The van der Waals surface area contributed by atoms with Crippen molar-refractivity contribution < 1.29 is 14.3 Å². The SMILES string of the molecule is C=CCc1c(CCC(=O)Cc2cc(CC(C)=O)ccc2OC)c[nH]c1-c1cccnc1. The van der Waals surface area contributed by atoms with Gasteiger partial charge in [-0.3, -0.25) is 14.6 Å². The number of ketones is 2. The fourth-order valence-electron chi connectivity index (χ4n) is 3.81. The van der Waals surface area contributed by atoms with Crippen LogP contribution in [0.4, 0.5) is 0 Å². The van der Waals surface area contributed by atoms with Gasteiger partial charge in [0.15, 0.2) is 0 Å². The van der Waals surface area contributed by atoms with Crippen molar-refractivity contribution >= 4 is 11.6 Å². The van der Waals surface area contributed by atoms with Gasteiger partial charge in [0.2, 0.25) is 0 Å². The molecule has 3 rings (SSSR count). The fourth-order valence-corrected chi connectivity index (χ4v) is 3.81. The highest BCUT2D eigenvalue weighted by atomic mass is 16.5. The number of carbonyl (C=O) groups is 2. The third-order valence-corrected chi connectivity index (χ3v) is 5.24. The number of Topliss-reactive ketones (excluding diaryl/α,β-unsaturated/α-hetero) is 2. The third-order valence-electron chi connectivity index (χ3n) is 5.24. The zero-order chi connectivity index (χ0) is 22.2. The Morgan fingerprint density at radius 1 is 1.19 bits per heavy atom. The molecule has 1 N–H and O–H groups in total. The van der Waals surface area contributed by atoms with Crippen LogP contribution in [0.1, 0.15) is 35.6 Å². The first-order chi connectivity index (χ1) is 15.0. The van der Waals surface area contributed by atoms with Crippen molar-refractivity contribution in [3.63, 3.8) is 0 Å². The molecule has 5 heteroatoms. The van der Waals surface area contributed by atoms with Crippen molar-refractivity contribution in [1.82, 2.24) is 9.97 Å². The average molecular weight is 417 g/mol. The predicted octanol–water partition coefficient (Wildman–Crippen LogP) is 4.69. The van der Waals surface area contributed by atoms with Crippen LogP contribution in [0.2, 0.25) is 0 Å². The topological polar surface area (TPSA) is 72.1 Å². The molecule has 0 bridgehead atoms. The van der Waals surface area contributed by atoms with Gasteiger partial charge in [0.05, 0.1) is 12.8 Å². The molecule has 0 aliphatic carbocycles. The Kier molecular flexibility index (Phi) is 7.55. The number of aromatic nitrogens is 2. The van der Waals surface area contributed by atoms with Gasteiger partial charge in [-0.05, 0) is 54.7 Å². The molecule has 0 saturated heterocycles. The van der Waals surface area contributed by atoms with E-state index in [1.54, 1.807) is 20.2 Å². The molecule has 0 aliphatic heterocycles. The number of rotatable bonds is 11. The van der Waals surface area contributed by atoms with E-state index in [1.165, 1.54) is 0 Å². The number of hydrogen-bond donors (Lipinski definition) is 1. The largest absolute Gasteiger partial charge is 0.496 e. The molecule has 0 atom stereocenters. The van der Waals surface area contributed by atoms with Gasteiger partial charge >= 0.3 is 0 Å². The predicted molar refractivity (Wildman–Crippen MR) is 122 cm³/mol. The number of allylic oxidation sites excluding steroid dienone is 1. The number of ether oxygens (including phenoxy) is 1. The molecular weight excluding hydrogens is 388 g/mol. The number of carbonyl (C=O) groups excluding carboxylic acids is 2. The minimum Gasteiger partial charge on any atom is -0.496 e. The van der Waals surface area contributed by atoms with Gasteiger partial charge in [0.25, 0.3) is 0 Å². The van der Waals surface area contributed by atoms with E-state index in [2.05, 4.69) is 16.5 Å². The third kappa shape index (κ3) is 5.79. The molecule has 3 aromatic rings. The molecule has 0 spiro atoms. The number of nitrogens with zero attached hydrogens (tertiary/aromatic N) is 1. The Bertz CT molecular complexity index is 1070. The van der Waals surface area contributed by atoms with Gasteiger partial charge < -0.3 is 9.72 Å². The van der Waals surface area contributed by atoms with Crippen LogP contribution < -0.4 is 4.74 Å². The lowest BCUT2D eigenvalue weighted by atomic mass is 9.97. The number of hydrogen-bond acceptors (Lipinski definition) is 4. The van der Waals surface area contributed by atoms with E-state index in [1.807, 2.05) is 48.8 Å². The first-order valence-electron chi connectivity index (χ1n) is 10.4. The van der Waals surface area contributed by atoms with Crippen LogP contribution in [0, 0.1) is 0 Å². The lowest BCUT2D eigenvalue weighted by Gasteiger charge is -2.10. The van der Waals surface area contributed by atoms with Gasteiger partial charge in [-0.25, -0.2) is 0 Å². The Morgan fingerprint density at radius 3 is 2.71 bits per heavy atom. The molecule has 1 aromatic carbocycles. The number of aryl methyl sites for hydroxylation is 1. The monoisotopic (exact) mass is 416 g/mol. The first-order valence-corrected chi connectivity index (χ1v) is 10.4. The number of H-pyrrole nitrogens is 1. The van der Waals surface area contributed by atoms with Crippen LogP contribution in [-0.2, 0) is 35.3 Å². The Hall–Kier alpha value is -3.47. The number of benzene rings is 1. The summed E-state index contributed by atoms with van der Waals surface area (Å²) in [5, 5.41) is 0. The molecule has 0 amide bonds. The van der Waals surface area contributed by atoms with E-state index in [-0.39, 0.29) is 18.0 Å². The molecule has 0 radical (unpaired) electrons. The number of aromatic amines is 1. The first kappa shape index (κ1) is 22.2. The second-order valence-electron chi connectivity index (χ2n) is 7.64. The Labute approximate surface area is 183 Å². The summed E-state index contributed by atoms with van der Waals surface area (Å²) in [5.74, 6) is 0.898. The minimum absolute atomic E-state index is 0.0917. The maximum absolute atomic E-state index is 12.8. The second kappa shape index (κ2) is 10.5. The summed E-state index contributed by atoms with van der Waals surface area (Å²) in [5.41, 5.74) is 6.03. The minimum atomic E-state index is 0.0917. The van der Waals surface area contributed by atoms with Crippen LogP contribution in [0.15, 0.2) is 61.6 Å². The van der Waals surface area contributed by atoms with E-state index in [0.717, 1.165) is 39.9 Å². The van der Waals surface area contributed by atoms with Gasteiger partial charge in [-0.15, -0.1) is 6.58 Å². The van der Waals surface area contributed by atoms with Crippen LogP contribution in [0.25, 0.3) is 11.3 Å². The summed E-state index contributed by atoms with van der Waals surface area (Å²) in [7, 11) is 1.59. The molecule has 0 aliphatic rings. The number of nitrogens with one attached hydrogen (secondary N) is 1. The summed E-state index contributed by atoms with van der Waals surface area (Å²) in [6.45, 7) is 5.44. The van der Waals surface area contributed by atoms with Crippen molar-refractivity contribution in [3.05, 3.63) is 83.8 Å². The smallest absolute Gasteiger partial charge is 0.137 e. The van der Waals surface area contributed by atoms with Crippen LogP contribution in [0.5, 0.6) is 5.75 Å². The molecule has 0 unspecified atom stereocenters. The van der Waals surface area contributed by atoms with E-state index in [0.29, 0.717) is 25.0 Å². The maximum atomic E-state index is 12.8. The van der Waals surface area contributed by atoms with Crippen LogP contribution in [-0.4, -0.2) is 28.6 Å². The molecule has 0 fully saturated rings. The van der Waals surface area contributed by atoms with Crippen molar-refractivity contribution in [1.29, 1.82) is 0 Å². The highest BCUT2D eigenvalue weighted by Crippen LogP contribution is 2.27. The van der Waals surface area contributed by atoms with Crippen molar-refractivity contribution in [2.75, 3.05) is 7.11 Å². The zero-order valence-corrected chi connectivity index (χ0v) is 18.1. The van der Waals surface area contributed by atoms with E-state index < -0.39 is 0 Å². The molecule has 5 nitrogen and oxygen atoms in total. The molecule has 2 heterocycles. The summed E-state index contributed by atoms with van der Waals surface area (Å²) in [6.07, 6.45) is 9.86. The van der Waals surface area contributed by atoms with Gasteiger partial charge in [-0.2, -0.15) is 0 Å². The highest BCUT2D eigenvalue weighted by Gasteiger charge is 2.15. The second-order valence-corrected chi connectivity index (χ2v) is 7.64. The van der Waals surface area contributed by atoms with Crippen molar-refractivity contribution in [2.45, 2.75) is 39.0 Å². The van der Waals surface area contributed by atoms with Crippen molar-refractivity contribution in [2.24, 2.45) is 0 Å². The van der Waals surface area contributed by atoms with E-state index in [4.69, 9.17) is 4.74 Å². The molecule has 31 heavy (non-hydrogen) atoms. The maximum Gasteiger partial charge on any atom is 0.137 e. The molecule has 2 aromatic heterocycles. The van der Waals surface area contributed by atoms with Gasteiger partial charge in [-0.1, -0.05) is 18.2 Å². The lowest BCUT2D eigenvalue weighted by molar-refractivity contribution is -0.118. The normalized spacial score (nSPS) is 10.6. The number of methoxy groups -OCH3 is 1. The Morgan fingerprint density at radius 2 is 2.03 bits per heavy atom. The van der Waals surface area contributed by atoms with Crippen LogP contribution in [0.3, 0.4) is 0 Å². The molecule has 160 valence electrons. The van der Waals surface area contributed by atoms with Crippen LogP contribution >= 0.6 is 0 Å². The van der Waals surface area contributed by atoms with Crippen molar-refractivity contribution in [3.8, 4) is 17.0 Å². The summed E-state index contributed by atoms with van der Waals surface area (Å²) in [4.78, 5) is 31.8. The van der Waals surface area contributed by atoms with Gasteiger partial charge in [0, 0.05) is 49.0 Å². The standard InChI is InChI=1S/C26H28N2O3/c1-4-6-24-20(17-28-26(24)21-7-5-12-27-16-21)9-10-23(30)15-22-14-19(13-18(2)29)8-11-25(22)31-3/h4-5,7-8,11-12,14,16-17,28H,1,6,9-10,13,15H2,2-3H3. The molecular formula is C26H28N2O3. The van der Waals surface area contributed by atoms with E-state index in [9.17, 15) is 9.59 Å². The highest BCUT2D eigenvalue weighted by molar-refractivity contribution is 5.82. The summed E-state index contributed by atoms with van der Waals surface area (Å²) >= 11 is 0. The Balaban J connectivity index is 1.72. The average Bonchev–Trinajstić information content (AvgIpc) is 3.15.